The monoisotopic (exact) mass is 345 g/mol. The van der Waals surface area contributed by atoms with E-state index < -0.39 is 6.10 Å². The van der Waals surface area contributed by atoms with Gasteiger partial charge in [0.25, 0.3) is 5.91 Å². The van der Waals surface area contributed by atoms with Crippen LogP contribution >= 0.6 is 11.3 Å². The zero-order chi connectivity index (χ0) is 16.9. The summed E-state index contributed by atoms with van der Waals surface area (Å²) in [5.74, 6) is 0.525. The van der Waals surface area contributed by atoms with E-state index in [0.717, 1.165) is 11.1 Å². The molecule has 1 aliphatic carbocycles. The van der Waals surface area contributed by atoms with Gasteiger partial charge in [-0.15, -0.1) is 11.3 Å². The summed E-state index contributed by atoms with van der Waals surface area (Å²) < 4.78 is 5.45. The van der Waals surface area contributed by atoms with Crippen molar-refractivity contribution >= 4 is 17.2 Å². The quantitative estimate of drug-likeness (QED) is 0.772. The highest BCUT2D eigenvalue weighted by Gasteiger charge is 2.22. The van der Waals surface area contributed by atoms with Crippen molar-refractivity contribution in [3.63, 3.8) is 0 Å². The Morgan fingerprint density at radius 1 is 1.33 bits per heavy atom. The fourth-order valence-electron chi connectivity index (χ4n) is 2.45. The molecule has 0 saturated heterocycles. The minimum Gasteiger partial charge on any atom is -0.389 e. The van der Waals surface area contributed by atoms with Crippen LogP contribution in [0, 0.1) is 12.8 Å². The minimum absolute atomic E-state index is 0.151. The van der Waals surface area contributed by atoms with E-state index in [9.17, 15) is 9.90 Å². The van der Waals surface area contributed by atoms with Gasteiger partial charge in [0.15, 0.2) is 0 Å². The molecule has 1 atom stereocenters. The first-order chi connectivity index (χ1) is 11.6. The molecule has 0 radical (unpaired) electrons. The van der Waals surface area contributed by atoms with Gasteiger partial charge in [-0.2, -0.15) is 0 Å². The van der Waals surface area contributed by atoms with Gasteiger partial charge >= 0.3 is 0 Å². The Hall–Kier alpha value is -1.69. The molecule has 2 N–H and O–H groups in total. The van der Waals surface area contributed by atoms with Crippen molar-refractivity contribution in [2.24, 2.45) is 5.92 Å². The Labute approximate surface area is 146 Å². The lowest BCUT2D eigenvalue weighted by atomic mass is 10.0. The first-order valence-electron chi connectivity index (χ1n) is 8.32. The molecule has 24 heavy (non-hydrogen) atoms. The topological polar surface area (TPSA) is 58.6 Å². The summed E-state index contributed by atoms with van der Waals surface area (Å²) in [6.07, 6.45) is 1.79. The molecule has 1 saturated carbocycles. The van der Waals surface area contributed by atoms with Gasteiger partial charge in [0.2, 0.25) is 0 Å². The number of benzene rings is 1. The number of aliphatic hydroxyl groups is 1. The zero-order valence-corrected chi connectivity index (χ0v) is 14.6. The van der Waals surface area contributed by atoms with Crippen LogP contribution in [-0.2, 0) is 4.74 Å². The molecule has 1 aromatic carbocycles. The fourth-order valence-corrected chi connectivity index (χ4v) is 3.28. The van der Waals surface area contributed by atoms with Gasteiger partial charge in [0.1, 0.15) is 0 Å². The molecule has 1 fully saturated rings. The Balaban J connectivity index is 1.53. The molecule has 1 amide bonds. The molecule has 3 rings (SSSR count). The van der Waals surface area contributed by atoms with E-state index in [1.54, 1.807) is 0 Å². The standard InChI is InChI=1S/C19H23NO3S/c1-13-2-6-15(7-3-13)17-8-9-24-18(17)19(22)20-10-16(21)12-23-11-14-4-5-14/h2-3,6-9,14,16,21H,4-5,10-12H2,1H3,(H,20,22). The smallest absolute Gasteiger partial charge is 0.262 e. The first-order valence-corrected chi connectivity index (χ1v) is 9.20. The first kappa shape index (κ1) is 17.1. The summed E-state index contributed by atoms with van der Waals surface area (Å²) in [5.41, 5.74) is 3.14. The minimum atomic E-state index is -0.671. The van der Waals surface area contributed by atoms with E-state index >= 15 is 0 Å². The third-order valence-electron chi connectivity index (χ3n) is 4.09. The summed E-state index contributed by atoms with van der Waals surface area (Å²) in [4.78, 5) is 13.1. The molecule has 2 aromatic rings. The Kier molecular flexibility index (Phi) is 5.66. The number of rotatable bonds is 8. The van der Waals surface area contributed by atoms with Crippen molar-refractivity contribution in [1.29, 1.82) is 0 Å². The highest BCUT2D eigenvalue weighted by atomic mass is 32.1. The number of aryl methyl sites for hydroxylation is 1. The van der Waals surface area contributed by atoms with Gasteiger partial charge in [-0.25, -0.2) is 0 Å². The van der Waals surface area contributed by atoms with Crippen molar-refractivity contribution in [3.8, 4) is 11.1 Å². The molecule has 0 aliphatic heterocycles. The molecule has 4 nitrogen and oxygen atoms in total. The molecular formula is C19H23NO3S. The second-order valence-corrected chi connectivity index (χ2v) is 7.29. The maximum absolute atomic E-state index is 12.4. The number of carbonyl (C=O) groups excluding carboxylic acids is 1. The number of hydrogen-bond acceptors (Lipinski definition) is 4. The van der Waals surface area contributed by atoms with Crippen molar-refractivity contribution in [3.05, 3.63) is 46.2 Å². The van der Waals surface area contributed by atoms with Crippen LogP contribution in [0.4, 0.5) is 0 Å². The average Bonchev–Trinajstić information content (AvgIpc) is 3.27. The average molecular weight is 345 g/mol. The van der Waals surface area contributed by atoms with Crippen molar-refractivity contribution < 1.29 is 14.6 Å². The van der Waals surface area contributed by atoms with Crippen molar-refractivity contribution in [1.82, 2.24) is 5.32 Å². The number of amides is 1. The molecule has 128 valence electrons. The van der Waals surface area contributed by atoms with Gasteiger partial charge in [-0.3, -0.25) is 4.79 Å². The van der Waals surface area contributed by atoms with Gasteiger partial charge in [0, 0.05) is 18.7 Å². The molecule has 1 aliphatic rings. The predicted octanol–water partition coefficient (Wildman–Crippen LogP) is 3.24. The maximum atomic E-state index is 12.4. The van der Waals surface area contributed by atoms with Crippen LogP contribution in [0.2, 0.25) is 0 Å². The van der Waals surface area contributed by atoms with E-state index in [-0.39, 0.29) is 19.1 Å². The lowest BCUT2D eigenvalue weighted by Gasteiger charge is -2.12. The van der Waals surface area contributed by atoms with E-state index in [4.69, 9.17) is 4.74 Å². The van der Waals surface area contributed by atoms with Gasteiger partial charge in [0.05, 0.1) is 17.6 Å². The zero-order valence-electron chi connectivity index (χ0n) is 13.8. The Morgan fingerprint density at radius 3 is 2.79 bits per heavy atom. The Bertz CT molecular complexity index is 676. The number of thiophene rings is 1. The second-order valence-electron chi connectivity index (χ2n) is 6.37. The molecule has 0 bridgehead atoms. The van der Waals surface area contributed by atoms with Crippen LogP contribution in [0.5, 0.6) is 0 Å². The molecule has 1 heterocycles. The second kappa shape index (κ2) is 7.92. The van der Waals surface area contributed by atoms with E-state index in [1.807, 2.05) is 42.6 Å². The Morgan fingerprint density at radius 2 is 2.08 bits per heavy atom. The van der Waals surface area contributed by atoms with Crippen LogP contribution in [0.15, 0.2) is 35.7 Å². The lowest BCUT2D eigenvalue weighted by molar-refractivity contribution is 0.0321. The molecular weight excluding hydrogens is 322 g/mol. The maximum Gasteiger partial charge on any atom is 0.262 e. The summed E-state index contributed by atoms with van der Waals surface area (Å²) in [6, 6.07) is 10.1. The van der Waals surface area contributed by atoms with Crippen molar-refractivity contribution in [2.45, 2.75) is 25.9 Å². The van der Waals surface area contributed by atoms with Crippen LogP contribution in [0.3, 0.4) is 0 Å². The summed E-state index contributed by atoms with van der Waals surface area (Å²) in [7, 11) is 0. The summed E-state index contributed by atoms with van der Waals surface area (Å²) in [6.45, 7) is 3.23. The highest BCUT2D eigenvalue weighted by Crippen LogP contribution is 2.29. The fraction of sp³-hybridized carbons (Fsp3) is 0.421. The molecule has 1 unspecified atom stereocenters. The van der Waals surface area contributed by atoms with Crippen LogP contribution in [0.25, 0.3) is 11.1 Å². The number of carbonyl (C=O) groups is 1. The van der Waals surface area contributed by atoms with E-state index in [0.29, 0.717) is 17.4 Å². The summed E-state index contributed by atoms with van der Waals surface area (Å²) >= 11 is 1.41. The van der Waals surface area contributed by atoms with Crippen LogP contribution < -0.4 is 5.32 Å². The molecule has 1 aromatic heterocycles. The largest absolute Gasteiger partial charge is 0.389 e. The lowest BCUT2D eigenvalue weighted by Crippen LogP contribution is -2.34. The highest BCUT2D eigenvalue weighted by molar-refractivity contribution is 7.12. The number of nitrogens with one attached hydrogen (secondary N) is 1. The molecule has 0 spiro atoms. The van der Waals surface area contributed by atoms with Crippen LogP contribution in [0.1, 0.15) is 28.1 Å². The van der Waals surface area contributed by atoms with Crippen molar-refractivity contribution in [2.75, 3.05) is 19.8 Å². The van der Waals surface area contributed by atoms with Gasteiger partial charge < -0.3 is 15.2 Å². The molecule has 5 heteroatoms. The van der Waals surface area contributed by atoms with Crippen LogP contribution in [-0.4, -0.2) is 36.9 Å². The normalized spacial score (nSPS) is 15.2. The number of ether oxygens (including phenoxy) is 1. The van der Waals surface area contributed by atoms with E-state index in [1.165, 1.54) is 29.7 Å². The third-order valence-corrected chi connectivity index (χ3v) is 5.01. The van der Waals surface area contributed by atoms with Gasteiger partial charge in [-0.1, -0.05) is 29.8 Å². The summed E-state index contributed by atoms with van der Waals surface area (Å²) in [5, 5.41) is 14.6. The number of aliphatic hydroxyl groups excluding tert-OH is 1. The SMILES string of the molecule is Cc1ccc(-c2ccsc2C(=O)NCC(O)COCC2CC2)cc1. The van der Waals surface area contributed by atoms with E-state index in [2.05, 4.69) is 5.32 Å². The number of hydrogen-bond donors (Lipinski definition) is 2. The third kappa shape index (κ3) is 4.66. The predicted molar refractivity (Wildman–Crippen MR) is 96.4 cm³/mol. The van der Waals surface area contributed by atoms with Gasteiger partial charge in [-0.05, 0) is 42.7 Å².